The van der Waals surface area contributed by atoms with Crippen LogP contribution >= 0.6 is 23.1 Å². The molecular formula is C13H20N2O2S2. The number of amides is 1. The van der Waals surface area contributed by atoms with Crippen molar-refractivity contribution in [2.45, 2.75) is 48.8 Å². The molecule has 0 N–H and O–H groups in total. The first-order valence-electron chi connectivity index (χ1n) is 6.48. The Morgan fingerprint density at radius 3 is 3.00 bits per heavy atom. The molecule has 0 bridgehead atoms. The van der Waals surface area contributed by atoms with Crippen LogP contribution in [0.1, 0.15) is 33.6 Å². The Labute approximate surface area is 122 Å². The van der Waals surface area contributed by atoms with Crippen molar-refractivity contribution in [2.75, 3.05) is 13.1 Å². The summed E-state index contributed by atoms with van der Waals surface area (Å²) < 4.78 is 6.51. The Bertz CT molecular complexity index is 415. The molecule has 6 heteroatoms. The molecule has 1 aliphatic rings. The van der Waals surface area contributed by atoms with Crippen molar-refractivity contribution in [1.82, 2.24) is 9.88 Å². The Balaban J connectivity index is 1.88. The van der Waals surface area contributed by atoms with Crippen molar-refractivity contribution in [1.29, 1.82) is 0 Å². The van der Waals surface area contributed by atoms with Gasteiger partial charge in [-0.25, -0.2) is 9.78 Å². The lowest BCUT2D eigenvalue weighted by Gasteiger charge is -2.33. The van der Waals surface area contributed by atoms with Gasteiger partial charge in [0, 0.05) is 29.9 Å². The molecule has 2 rings (SSSR count). The average molecular weight is 300 g/mol. The van der Waals surface area contributed by atoms with Crippen LogP contribution < -0.4 is 0 Å². The Hall–Kier alpha value is -0.750. The maximum atomic E-state index is 12.0. The first kappa shape index (κ1) is 14.7. The van der Waals surface area contributed by atoms with Gasteiger partial charge >= 0.3 is 6.09 Å². The van der Waals surface area contributed by atoms with Crippen molar-refractivity contribution in [2.24, 2.45) is 0 Å². The normalized spacial score (nSPS) is 20.4. The summed E-state index contributed by atoms with van der Waals surface area (Å²) in [6, 6.07) is 0. The predicted octanol–water partition coefficient (Wildman–Crippen LogP) is 3.63. The van der Waals surface area contributed by atoms with Crippen molar-refractivity contribution in [3.8, 4) is 0 Å². The molecular weight excluding hydrogens is 280 g/mol. The summed E-state index contributed by atoms with van der Waals surface area (Å²) >= 11 is 3.42. The molecule has 0 aliphatic carbocycles. The van der Waals surface area contributed by atoms with Crippen LogP contribution in [0.15, 0.2) is 15.9 Å². The average Bonchev–Trinajstić information content (AvgIpc) is 2.80. The SMILES string of the molecule is CC(C)(C)OC(=O)N1CCC[C@@H](Sc2nccs2)C1. The van der Waals surface area contributed by atoms with E-state index in [4.69, 9.17) is 4.74 Å². The Morgan fingerprint density at radius 1 is 1.58 bits per heavy atom. The van der Waals surface area contributed by atoms with E-state index in [1.807, 2.05) is 37.2 Å². The molecule has 19 heavy (non-hydrogen) atoms. The van der Waals surface area contributed by atoms with Gasteiger partial charge in [-0.3, -0.25) is 0 Å². The first-order chi connectivity index (χ1) is 8.94. The van der Waals surface area contributed by atoms with Gasteiger partial charge in [-0.05, 0) is 33.6 Å². The topological polar surface area (TPSA) is 42.4 Å². The van der Waals surface area contributed by atoms with E-state index >= 15 is 0 Å². The van der Waals surface area contributed by atoms with Crippen LogP contribution in [-0.2, 0) is 4.74 Å². The fourth-order valence-electron chi connectivity index (χ4n) is 1.94. The molecule has 0 spiro atoms. The molecule has 2 heterocycles. The number of rotatable bonds is 2. The van der Waals surface area contributed by atoms with Gasteiger partial charge in [0.1, 0.15) is 9.94 Å². The zero-order valence-corrected chi connectivity index (χ0v) is 13.2. The summed E-state index contributed by atoms with van der Waals surface area (Å²) in [4.78, 5) is 18.1. The van der Waals surface area contributed by atoms with Crippen molar-refractivity contribution in [3.63, 3.8) is 0 Å². The standard InChI is InChI=1S/C13H20N2O2S2/c1-13(2,3)17-12(16)15-7-4-5-10(9-15)19-11-14-6-8-18-11/h6,8,10H,4-5,7,9H2,1-3H3/t10-/m1/s1. The van der Waals surface area contributed by atoms with Crippen LogP contribution in [-0.4, -0.2) is 39.9 Å². The summed E-state index contributed by atoms with van der Waals surface area (Å²) in [6.45, 7) is 7.24. The third kappa shape index (κ3) is 4.69. The number of thioether (sulfide) groups is 1. The van der Waals surface area contributed by atoms with E-state index in [2.05, 4.69) is 4.98 Å². The Morgan fingerprint density at radius 2 is 2.37 bits per heavy atom. The number of hydrogen-bond donors (Lipinski definition) is 0. The minimum absolute atomic E-state index is 0.197. The molecule has 1 amide bonds. The number of nitrogens with zero attached hydrogens (tertiary/aromatic N) is 2. The van der Waals surface area contributed by atoms with E-state index < -0.39 is 5.60 Å². The lowest BCUT2D eigenvalue weighted by Crippen LogP contribution is -2.43. The summed E-state index contributed by atoms with van der Waals surface area (Å²) in [5, 5.41) is 2.41. The number of ether oxygens (including phenoxy) is 1. The highest BCUT2D eigenvalue weighted by atomic mass is 32.2. The van der Waals surface area contributed by atoms with E-state index in [0.29, 0.717) is 5.25 Å². The second kappa shape index (κ2) is 6.13. The zero-order chi connectivity index (χ0) is 13.9. The maximum absolute atomic E-state index is 12.0. The molecule has 1 fully saturated rings. The highest BCUT2D eigenvalue weighted by molar-refractivity contribution is 8.01. The number of carbonyl (C=O) groups excluding carboxylic acids is 1. The van der Waals surface area contributed by atoms with Gasteiger partial charge in [-0.1, -0.05) is 11.8 Å². The largest absolute Gasteiger partial charge is 0.444 e. The smallest absolute Gasteiger partial charge is 0.410 e. The predicted molar refractivity (Wildman–Crippen MR) is 78.8 cm³/mol. The number of hydrogen-bond acceptors (Lipinski definition) is 5. The summed E-state index contributed by atoms with van der Waals surface area (Å²) in [7, 11) is 0. The van der Waals surface area contributed by atoms with Crippen LogP contribution in [0.5, 0.6) is 0 Å². The number of aromatic nitrogens is 1. The van der Waals surface area contributed by atoms with E-state index in [0.717, 1.165) is 30.3 Å². The van der Waals surface area contributed by atoms with Crippen molar-refractivity contribution < 1.29 is 9.53 Å². The maximum Gasteiger partial charge on any atom is 0.410 e. The first-order valence-corrected chi connectivity index (χ1v) is 8.24. The van der Waals surface area contributed by atoms with Gasteiger partial charge in [-0.15, -0.1) is 11.3 Å². The van der Waals surface area contributed by atoms with Crippen molar-refractivity contribution in [3.05, 3.63) is 11.6 Å². The van der Waals surface area contributed by atoms with Gasteiger partial charge in [-0.2, -0.15) is 0 Å². The van der Waals surface area contributed by atoms with E-state index in [1.165, 1.54) is 0 Å². The molecule has 0 saturated carbocycles. The summed E-state index contributed by atoms with van der Waals surface area (Å²) in [5.41, 5.74) is -0.424. The molecule has 0 radical (unpaired) electrons. The quantitative estimate of drug-likeness (QED) is 0.836. The monoisotopic (exact) mass is 300 g/mol. The fraction of sp³-hybridized carbons (Fsp3) is 0.692. The molecule has 4 nitrogen and oxygen atoms in total. The number of carbonyl (C=O) groups is 1. The van der Waals surface area contributed by atoms with Gasteiger partial charge in [0.25, 0.3) is 0 Å². The van der Waals surface area contributed by atoms with E-state index in [-0.39, 0.29) is 6.09 Å². The molecule has 1 atom stereocenters. The van der Waals surface area contributed by atoms with E-state index in [1.54, 1.807) is 23.1 Å². The molecule has 106 valence electrons. The van der Waals surface area contributed by atoms with Gasteiger partial charge < -0.3 is 9.64 Å². The zero-order valence-electron chi connectivity index (χ0n) is 11.6. The molecule has 1 aliphatic heterocycles. The van der Waals surface area contributed by atoms with Gasteiger partial charge in [0.05, 0.1) is 0 Å². The molecule has 1 saturated heterocycles. The highest BCUT2D eigenvalue weighted by Gasteiger charge is 2.28. The highest BCUT2D eigenvalue weighted by Crippen LogP contribution is 2.31. The third-order valence-corrected chi connectivity index (χ3v) is 4.87. The lowest BCUT2D eigenvalue weighted by molar-refractivity contribution is 0.0220. The second-order valence-electron chi connectivity index (χ2n) is 5.61. The fourth-order valence-corrected chi connectivity index (χ4v) is 4.04. The minimum Gasteiger partial charge on any atom is -0.444 e. The third-order valence-electron chi connectivity index (χ3n) is 2.71. The lowest BCUT2D eigenvalue weighted by atomic mass is 10.1. The molecule has 0 unspecified atom stereocenters. The Kier molecular flexibility index (Phi) is 4.73. The number of thiazole rings is 1. The molecule has 1 aromatic rings. The van der Waals surface area contributed by atoms with Gasteiger partial charge in [0.15, 0.2) is 0 Å². The molecule has 0 aromatic carbocycles. The van der Waals surface area contributed by atoms with Crippen LogP contribution in [0.2, 0.25) is 0 Å². The van der Waals surface area contributed by atoms with E-state index in [9.17, 15) is 4.79 Å². The van der Waals surface area contributed by atoms with Crippen LogP contribution in [0.4, 0.5) is 4.79 Å². The number of likely N-dealkylation sites (tertiary alicyclic amines) is 1. The number of piperidine rings is 1. The van der Waals surface area contributed by atoms with Gasteiger partial charge in [0.2, 0.25) is 0 Å². The summed E-state index contributed by atoms with van der Waals surface area (Å²) in [6.07, 6.45) is 3.78. The van der Waals surface area contributed by atoms with Crippen LogP contribution in [0, 0.1) is 0 Å². The minimum atomic E-state index is -0.424. The van der Waals surface area contributed by atoms with Crippen LogP contribution in [0.3, 0.4) is 0 Å². The summed E-state index contributed by atoms with van der Waals surface area (Å²) in [5.74, 6) is 0. The molecule has 1 aromatic heterocycles. The van der Waals surface area contributed by atoms with Crippen LogP contribution in [0.25, 0.3) is 0 Å². The second-order valence-corrected chi connectivity index (χ2v) is 8.05. The van der Waals surface area contributed by atoms with Crippen molar-refractivity contribution >= 4 is 29.2 Å².